The van der Waals surface area contributed by atoms with Gasteiger partial charge in [-0.25, -0.2) is 0 Å². The van der Waals surface area contributed by atoms with E-state index >= 15 is 0 Å². The van der Waals surface area contributed by atoms with Gasteiger partial charge in [0.1, 0.15) is 0 Å². The van der Waals surface area contributed by atoms with Gasteiger partial charge < -0.3 is 15.3 Å². The Morgan fingerprint density at radius 2 is 0.870 bits per heavy atom. The summed E-state index contributed by atoms with van der Waals surface area (Å²) in [5.41, 5.74) is 0. The summed E-state index contributed by atoms with van der Waals surface area (Å²) in [7, 11) is 0. The standard InChI is InChI=1S/C20H36O3/c21-17-7-1-14(2-8-17)13-20(15-3-9-18(22)10-4-15)16-5-11-19(23)12-6-16/h14-23H,1-13H2. The van der Waals surface area contributed by atoms with Crippen LogP contribution in [0.3, 0.4) is 0 Å². The molecule has 0 aromatic carbocycles. The van der Waals surface area contributed by atoms with E-state index in [1.54, 1.807) is 0 Å². The molecule has 3 rings (SSSR count). The van der Waals surface area contributed by atoms with Crippen LogP contribution >= 0.6 is 0 Å². The molecule has 0 atom stereocenters. The van der Waals surface area contributed by atoms with Crippen molar-refractivity contribution in [3.8, 4) is 0 Å². The van der Waals surface area contributed by atoms with Crippen molar-refractivity contribution in [1.82, 2.24) is 0 Å². The van der Waals surface area contributed by atoms with Crippen LogP contribution in [0.1, 0.15) is 83.5 Å². The molecular formula is C20H36O3. The van der Waals surface area contributed by atoms with Gasteiger partial charge in [-0.15, -0.1) is 0 Å². The zero-order chi connectivity index (χ0) is 16.2. The maximum absolute atomic E-state index is 9.84. The van der Waals surface area contributed by atoms with Crippen LogP contribution in [0.25, 0.3) is 0 Å². The van der Waals surface area contributed by atoms with Crippen LogP contribution in [0, 0.1) is 23.7 Å². The van der Waals surface area contributed by atoms with Crippen LogP contribution in [-0.2, 0) is 0 Å². The Morgan fingerprint density at radius 1 is 0.522 bits per heavy atom. The lowest BCUT2D eigenvalue weighted by Gasteiger charge is -2.42. The molecule has 0 bridgehead atoms. The Hall–Kier alpha value is -0.120. The highest BCUT2D eigenvalue weighted by Gasteiger charge is 2.36. The molecule has 0 aromatic rings. The minimum atomic E-state index is -0.0649. The second-order valence-electron chi connectivity index (χ2n) is 8.71. The average molecular weight is 325 g/mol. The smallest absolute Gasteiger partial charge is 0.0540 e. The second-order valence-corrected chi connectivity index (χ2v) is 8.71. The van der Waals surface area contributed by atoms with Crippen LogP contribution in [0.2, 0.25) is 0 Å². The molecule has 0 spiro atoms. The van der Waals surface area contributed by atoms with E-state index in [-0.39, 0.29) is 18.3 Å². The Labute approximate surface area is 141 Å². The largest absolute Gasteiger partial charge is 0.393 e. The van der Waals surface area contributed by atoms with Gasteiger partial charge in [0, 0.05) is 0 Å². The first-order chi connectivity index (χ1) is 11.1. The van der Waals surface area contributed by atoms with Gasteiger partial charge in [0.25, 0.3) is 0 Å². The quantitative estimate of drug-likeness (QED) is 0.740. The maximum Gasteiger partial charge on any atom is 0.0540 e. The lowest BCUT2D eigenvalue weighted by molar-refractivity contribution is 0.0284. The van der Waals surface area contributed by atoms with Crippen molar-refractivity contribution in [3.63, 3.8) is 0 Å². The Morgan fingerprint density at radius 3 is 1.26 bits per heavy atom. The molecule has 0 aliphatic heterocycles. The summed E-state index contributed by atoms with van der Waals surface area (Å²) >= 11 is 0. The third-order valence-corrected chi connectivity index (χ3v) is 7.12. The van der Waals surface area contributed by atoms with Crippen LogP contribution in [0.15, 0.2) is 0 Å². The molecule has 3 fully saturated rings. The number of hydrogen-bond acceptors (Lipinski definition) is 3. The van der Waals surface area contributed by atoms with Crippen LogP contribution in [0.4, 0.5) is 0 Å². The third-order valence-electron chi connectivity index (χ3n) is 7.12. The summed E-state index contributed by atoms with van der Waals surface area (Å²) in [6.45, 7) is 0. The number of aliphatic hydroxyl groups excluding tert-OH is 3. The first-order valence-electron chi connectivity index (χ1n) is 10.2. The minimum absolute atomic E-state index is 0.0562. The monoisotopic (exact) mass is 324 g/mol. The van der Waals surface area contributed by atoms with E-state index in [2.05, 4.69) is 0 Å². The zero-order valence-corrected chi connectivity index (χ0v) is 14.6. The molecule has 0 amide bonds. The van der Waals surface area contributed by atoms with Crippen LogP contribution in [0.5, 0.6) is 0 Å². The highest BCUT2D eigenvalue weighted by molar-refractivity contribution is 4.87. The molecule has 3 saturated carbocycles. The van der Waals surface area contributed by atoms with Crippen molar-refractivity contribution in [2.45, 2.75) is 102 Å². The molecule has 0 aromatic heterocycles. The highest BCUT2D eigenvalue weighted by atomic mass is 16.3. The van der Waals surface area contributed by atoms with Gasteiger partial charge in [-0.1, -0.05) is 0 Å². The Kier molecular flexibility index (Phi) is 6.39. The maximum atomic E-state index is 9.84. The van der Waals surface area contributed by atoms with Crippen LogP contribution < -0.4 is 0 Å². The van der Waals surface area contributed by atoms with Gasteiger partial charge in [-0.2, -0.15) is 0 Å². The predicted molar refractivity (Wildman–Crippen MR) is 92.0 cm³/mol. The van der Waals surface area contributed by atoms with E-state index in [0.717, 1.165) is 62.2 Å². The zero-order valence-electron chi connectivity index (χ0n) is 14.6. The van der Waals surface area contributed by atoms with E-state index in [0.29, 0.717) is 0 Å². The van der Waals surface area contributed by atoms with E-state index in [1.807, 2.05) is 0 Å². The van der Waals surface area contributed by atoms with E-state index in [1.165, 1.54) is 44.9 Å². The SMILES string of the molecule is OC1CCC(CC(C2CCC(O)CC2)C2CCC(O)CC2)CC1. The van der Waals surface area contributed by atoms with Crippen molar-refractivity contribution >= 4 is 0 Å². The number of rotatable bonds is 4. The Balaban J connectivity index is 1.60. The fourth-order valence-corrected chi connectivity index (χ4v) is 5.59. The first kappa shape index (κ1) is 17.7. The summed E-state index contributed by atoms with van der Waals surface area (Å²) < 4.78 is 0. The van der Waals surface area contributed by atoms with E-state index < -0.39 is 0 Å². The molecule has 3 nitrogen and oxygen atoms in total. The summed E-state index contributed by atoms with van der Waals surface area (Å²) in [6, 6.07) is 0. The van der Waals surface area contributed by atoms with Crippen molar-refractivity contribution in [2.75, 3.05) is 0 Å². The van der Waals surface area contributed by atoms with Gasteiger partial charge in [0.2, 0.25) is 0 Å². The van der Waals surface area contributed by atoms with Crippen LogP contribution in [-0.4, -0.2) is 33.6 Å². The lowest BCUT2D eigenvalue weighted by atomic mass is 9.65. The third kappa shape index (κ3) is 4.93. The Bertz CT molecular complexity index is 313. The lowest BCUT2D eigenvalue weighted by Crippen LogP contribution is -2.34. The highest BCUT2D eigenvalue weighted by Crippen LogP contribution is 2.44. The fraction of sp³-hybridized carbons (Fsp3) is 1.00. The fourth-order valence-electron chi connectivity index (χ4n) is 5.59. The molecule has 0 heterocycles. The van der Waals surface area contributed by atoms with Crippen molar-refractivity contribution in [3.05, 3.63) is 0 Å². The first-order valence-corrected chi connectivity index (χ1v) is 10.2. The molecule has 0 unspecified atom stereocenters. The molecule has 134 valence electrons. The summed E-state index contributed by atoms with van der Waals surface area (Å²) in [5, 5.41) is 29.4. The summed E-state index contributed by atoms with van der Waals surface area (Å²) in [5.74, 6) is 3.15. The van der Waals surface area contributed by atoms with Crippen molar-refractivity contribution in [1.29, 1.82) is 0 Å². The van der Waals surface area contributed by atoms with Gasteiger partial charge in [-0.3, -0.25) is 0 Å². The molecule has 3 aliphatic rings. The summed E-state index contributed by atoms with van der Waals surface area (Å²) in [6.07, 6.45) is 14.2. The van der Waals surface area contributed by atoms with Gasteiger partial charge in [0.15, 0.2) is 0 Å². The molecule has 23 heavy (non-hydrogen) atoms. The van der Waals surface area contributed by atoms with Crippen molar-refractivity contribution < 1.29 is 15.3 Å². The topological polar surface area (TPSA) is 60.7 Å². The normalized spacial score (nSPS) is 44.0. The molecule has 3 heteroatoms. The molecule has 3 N–H and O–H groups in total. The van der Waals surface area contributed by atoms with E-state index in [9.17, 15) is 15.3 Å². The molecule has 3 aliphatic carbocycles. The average Bonchev–Trinajstić information content (AvgIpc) is 2.56. The molecule has 0 saturated heterocycles. The number of aliphatic hydroxyl groups is 3. The molecule has 0 radical (unpaired) electrons. The predicted octanol–water partition coefficient (Wildman–Crippen LogP) is 3.65. The van der Waals surface area contributed by atoms with Gasteiger partial charge in [0.05, 0.1) is 18.3 Å². The number of hydrogen-bond donors (Lipinski definition) is 3. The van der Waals surface area contributed by atoms with Crippen molar-refractivity contribution in [2.24, 2.45) is 23.7 Å². The summed E-state index contributed by atoms with van der Waals surface area (Å²) in [4.78, 5) is 0. The minimum Gasteiger partial charge on any atom is -0.393 e. The van der Waals surface area contributed by atoms with Gasteiger partial charge in [-0.05, 0) is 107 Å². The second kappa shape index (κ2) is 8.31. The van der Waals surface area contributed by atoms with Gasteiger partial charge >= 0.3 is 0 Å². The molecular weight excluding hydrogens is 288 g/mol. The van der Waals surface area contributed by atoms with E-state index in [4.69, 9.17) is 0 Å².